The van der Waals surface area contributed by atoms with Gasteiger partial charge in [-0.1, -0.05) is 48.5 Å². The lowest BCUT2D eigenvalue weighted by molar-refractivity contribution is 0.470. The molecule has 0 unspecified atom stereocenters. The highest BCUT2D eigenvalue weighted by Gasteiger charge is 2.11. The second kappa shape index (κ2) is 5.49. The van der Waals surface area contributed by atoms with E-state index in [0.29, 0.717) is 5.75 Å². The van der Waals surface area contributed by atoms with Gasteiger partial charge in [0.2, 0.25) is 0 Å². The van der Waals surface area contributed by atoms with E-state index in [1.54, 1.807) is 6.07 Å². The summed E-state index contributed by atoms with van der Waals surface area (Å²) >= 11 is 0. The van der Waals surface area contributed by atoms with Crippen LogP contribution in [0, 0.1) is 0 Å². The summed E-state index contributed by atoms with van der Waals surface area (Å²) < 4.78 is 0. The Kier molecular flexibility index (Phi) is 3.53. The Morgan fingerprint density at radius 3 is 2.38 bits per heavy atom. The number of aromatic hydroxyl groups is 1. The molecule has 0 saturated carbocycles. The van der Waals surface area contributed by atoms with Gasteiger partial charge in [-0.05, 0) is 28.5 Å². The quantitative estimate of drug-likeness (QED) is 0.775. The van der Waals surface area contributed by atoms with Crippen LogP contribution in [0.3, 0.4) is 0 Å². The fourth-order valence-corrected chi connectivity index (χ4v) is 2.80. The molecule has 0 amide bonds. The summed E-state index contributed by atoms with van der Waals surface area (Å²) in [5, 5.41) is 12.6. The Morgan fingerprint density at radius 1 is 0.857 bits per heavy atom. The summed E-state index contributed by atoms with van der Waals surface area (Å²) in [4.78, 5) is 2.11. The SMILES string of the molecule is CN(C)c1ccccc1Cc1c(O)ccc2ccccc12. The van der Waals surface area contributed by atoms with Crippen molar-refractivity contribution in [1.29, 1.82) is 0 Å². The Labute approximate surface area is 125 Å². The molecule has 3 rings (SSSR count). The molecule has 0 aliphatic carbocycles. The van der Waals surface area contributed by atoms with E-state index in [0.717, 1.165) is 22.8 Å². The first-order valence-electron chi connectivity index (χ1n) is 7.11. The van der Waals surface area contributed by atoms with Gasteiger partial charge in [-0.3, -0.25) is 0 Å². The average molecular weight is 277 g/mol. The number of phenolic OH excluding ortho intramolecular Hbond substituents is 1. The first kappa shape index (κ1) is 13.5. The van der Waals surface area contributed by atoms with Crippen LogP contribution in [0.2, 0.25) is 0 Å². The number of hydrogen-bond acceptors (Lipinski definition) is 2. The predicted molar refractivity (Wildman–Crippen MR) is 89.2 cm³/mol. The van der Waals surface area contributed by atoms with Gasteiger partial charge in [-0.2, -0.15) is 0 Å². The van der Waals surface area contributed by atoms with Crippen molar-refractivity contribution in [2.75, 3.05) is 19.0 Å². The molecule has 3 aromatic carbocycles. The molecule has 0 spiro atoms. The van der Waals surface area contributed by atoms with Gasteiger partial charge in [0.25, 0.3) is 0 Å². The van der Waals surface area contributed by atoms with Crippen molar-refractivity contribution in [1.82, 2.24) is 0 Å². The van der Waals surface area contributed by atoms with E-state index in [4.69, 9.17) is 0 Å². The largest absolute Gasteiger partial charge is 0.508 e. The lowest BCUT2D eigenvalue weighted by Crippen LogP contribution is -2.11. The molecule has 1 N–H and O–H groups in total. The second-order valence-corrected chi connectivity index (χ2v) is 5.48. The molecule has 0 bridgehead atoms. The Morgan fingerprint density at radius 2 is 1.57 bits per heavy atom. The average Bonchev–Trinajstić information content (AvgIpc) is 2.50. The van der Waals surface area contributed by atoms with Gasteiger partial charge in [-0.25, -0.2) is 0 Å². The minimum Gasteiger partial charge on any atom is -0.508 e. The van der Waals surface area contributed by atoms with Gasteiger partial charge in [-0.15, -0.1) is 0 Å². The fraction of sp³-hybridized carbons (Fsp3) is 0.158. The van der Waals surface area contributed by atoms with E-state index < -0.39 is 0 Å². The van der Waals surface area contributed by atoms with E-state index in [1.165, 1.54) is 11.3 Å². The Balaban J connectivity index is 2.12. The summed E-state index contributed by atoms with van der Waals surface area (Å²) in [5.41, 5.74) is 3.39. The van der Waals surface area contributed by atoms with Gasteiger partial charge in [0, 0.05) is 31.8 Å². The van der Waals surface area contributed by atoms with Crippen molar-refractivity contribution in [3.05, 3.63) is 71.8 Å². The Bertz CT molecular complexity index is 777. The molecule has 2 heteroatoms. The number of fused-ring (bicyclic) bond motifs is 1. The highest BCUT2D eigenvalue weighted by molar-refractivity contribution is 5.88. The number of benzene rings is 3. The second-order valence-electron chi connectivity index (χ2n) is 5.48. The molecule has 21 heavy (non-hydrogen) atoms. The summed E-state index contributed by atoms with van der Waals surface area (Å²) in [6.45, 7) is 0. The molecule has 0 saturated heterocycles. The smallest absolute Gasteiger partial charge is 0.119 e. The van der Waals surface area contributed by atoms with E-state index in [2.05, 4.69) is 29.2 Å². The number of phenols is 1. The summed E-state index contributed by atoms with van der Waals surface area (Å²) in [5.74, 6) is 0.363. The summed E-state index contributed by atoms with van der Waals surface area (Å²) in [6.07, 6.45) is 0.724. The van der Waals surface area contributed by atoms with Crippen LogP contribution in [-0.4, -0.2) is 19.2 Å². The van der Waals surface area contributed by atoms with Crippen LogP contribution >= 0.6 is 0 Å². The first-order valence-corrected chi connectivity index (χ1v) is 7.11. The van der Waals surface area contributed by atoms with Crippen LogP contribution in [0.5, 0.6) is 5.75 Å². The minimum atomic E-state index is 0.363. The number of para-hydroxylation sites is 1. The molecule has 0 aliphatic heterocycles. The maximum atomic E-state index is 10.3. The zero-order valence-electron chi connectivity index (χ0n) is 12.4. The van der Waals surface area contributed by atoms with Crippen LogP contribution in [0.25, 0.3) is 10.8 Å². The monoisotopic (exact) mass is 277 g/mol. The maximum Gasteiger partial charge on any atom is 0.119 e. The molecule has 0 aliphatic rings. The fourth-order valence-electron chi connectivity index (χ4n) is 2.80. The van der Waals surface area contributed by atoms with E-state index in [-0.39, 0.29) is 0 Å². The molecule has 0 aromatic heterocycles. The first-order chi connectivity index (χ1) is 10.2. The van der Waals surface area contributed by atoms with Crippen molar-refractivity contribution < 1.29 is 5.11 Å². The maximum absolute atomic E-state index is 10.3. The molecule has 3 aromatic rings. The third kappa shape index (κ3) is 2.57. The van der Waals surface area contributed by atoms with Gasteiger partial charge >= 0.3 is 0 Å². The van der Waals surface area contributed by atoms with Gasteiger partial charge in [0.05, 0.1) is 0 Å². The van der Waals surface area contributed by atoms with Gasteiger partial charge < -0.3 is 10.0 Å². The molecule has 0 radical (unpaired) electrons. The van der Waals surface area contributed by atoms with E-state index in [1.807, 2.05) is 44.4 Å². The topological polar surface area (TPSA) is 23.5 Å². The molecule has 106 valence electrons. The molecular weight excluding hydrogens is 258 g/mol. The Hall–Kier alpha value is -2.48. The predicted octanol–water partition coefficient (Wildman–Crippen LogP) is 4.20. The standard InChI is InChI=1S/C19H19NO/c1-20(2)18-10-6-4-8-15(18)13-17-16-9-5-3-7-14(16)11-12-19(17)21/h3-12,21H,13H2,1-2H3. The summed E-state index contributed by atoms with van der Waals surface area (Å²) in [6, 6.07) is 20.3. The number of nitrogens with zero attached hydrogens (tertiary/aromatic N) is 1. The highest BCUT2D eigenvalue weighted by Crippen LogP contribution is 2.31. The third-order valence-corrected chi connectivity index (χ3v) is 3.86. The van der Waals surface area contributed by atoms with Crippen LogP contribution in [0.1, 0.15) is 11.1 Å². The van der Waals surface area contributed by atoms with Crippen LogP contribution < -0.4 is 4.90 Å². The highest BCUT2D eigenvalue weighted by atomic mass is 16.3. The number of anilines is 1. The molecular formula is C19H19NO. The lowest BCUT2D eigenvalue weighted by atomic mass is 9.96. The number of rotatable bonds is 3. The van der Waals surface area contributed by atoms with Crippen molar-refractivity contribution in [2.45, 2.75) is 6.42 Å². The van der Waals surface area contributed by atoms with Crippen LogP contribution in [-0.2, 0) is 6.42 Å². The van der Waals surface area contributed by atoms with Gasteiger partial charge in [0.1, 0.15) is 5.75 Å². The lowest BCUT2D eigenvalue weighted by Gasteiger charge is -2.18. The summed E-state index contributed by atoms with van der Waals surface area (Å²) in [7, 11) is 4.09. The zero-order valence-corrected chi connectivity index (χ0v) is 12.4. The van der Waals surface area contributed by atoms with E-state index >= 15 is 0 Å². The van der Waals surface area contributed by atoms with Crippen molar-refractivity contribution in [3.63, 3.8) is 0 Å². The van der Waals surface area contributed by atoms with Crippen molar-refractivity contribution >= 4 is 16.5 Å². The van der Waals surface area contributed by atoms with Crippen molar-refractivity contribution in [2.24, 2.45) is 0 Å². The minimum absolute atomic E-state index is 0.363. The van der Waals surface area contributed by atoms with Crippen molar-refractivity contribution in [3.8, 4) is 5.75 Å². The van der Waals surface area contributed by atoms with Gasteiger partial charge in [0.15, 0.2) is 0 Å². The van der Waals surface area contributed by atoms with E-state index in [9.17, 15) is 5.11 Å². The normalized spacial score (nSPS) is 10.8. The van der Waals surface area contributed by atoms with Crippen LogP contribution in [0.4, 0.5) is 5.69 Å². The number of hydrogen-bond donors (Lipinski definition) is 1. The molecule has 0 atom stereocenters. The zero-order chi connectivity index (χ0) is 14.8. The molecule has 0 heterocycles. The molecule has 2 nitrogen and oxygen atoms in total. The molecule has 0 fully saturated rings. The third-order valence-electron chi connectivity index (χ3n) is 3.86. The van der Waals surface area contributed by atoms with Crippen LogP contribution in [0.15, 0.2) is 60.7 Å².